The molecule has 164 valence electrons. The number of guanidine groups is 1. The van der Waals surface area contributed by atoms with Gasteiger partial charge in [-0.2, -0.15) is 0 Å². The van der Waals surface area contributed by atoms with Gasteiger partial charge < -0.3 is 20.5 Å². The van der Waals surface area contributed by atoms with Crippen molar-refractivity contribution in [3.63, 3.8) is 0 Å². The molecule has 6 nitrogen and oxygen atoms in total. The molecule has 3 N–H and O–H groups in total. The first-order valence-electron chi connectivity index (χ1n) is 10.9. The van der Waals surface area contributed by atoms with Gasteiger partial charge in [0.2, 0.25) is 0 Å². The molecule has 2 unspecified atom stereocenters. The number of aliphatic hydroxyl groups excluding tert-OH is 1. The lowest BCUT2D eigenvalue weighted by molar-refractivity contribution is 0.0170. The number of halogens is 1. The number of benzene rings is 1. The highest BCUT2D eigenvalue weighted by atomic mass is 35.5. The Labute approximate surface area is 180 Å². The number of ether oxygens (including phenoxy) is 1. The van der Waals surface area contributed by atoms with Gasteiger partial charge in [-0.3, -0.25) is 9.89 Å². The molecular formula is C22H37ClN4O2. The van der Waals surface area contributed by atoms with E-state index in [0.717, 1.165) is 76.2 Å². The van der Waals surface area contributed by atoms with Gasteiger partial charge in [-0.1, -0.05) is 37.1 Å². The molecule has 0 aliphatic carbocycles. The molecule has 0 spiro atoms. The van der Waals surface area contributed by atoms with Gasteiger partial charge in [0.05, 0.1) is 19.3 Å². The Morgan fingerprint density at radius 1 is 1.17 bits per heavy atom. The maximum absolute atomic E-state index is 9.29. The summed E-state index contributed by atoms with van der Waals surface area (Å²) in [5.41, 5.74) is 1.24. The molecule has 0 radical (unpaired) electrons. The smallest absolute Gasteiger partial charge is 0.191 e. The maximum Gasteiger partial charge on any atom is 0.191 e. The van der Waals surface area contributed by atoms with E-state index in [4.69, 9.17) is 21.3 Å². The monoisotopic (exact) mass is 424 g/mol. The minimum atomic E-state index is 0.222. The quantitative estimate of drug-likeness (QED) is 0.376. The van der Waals surface area contributed by atoms with Crippen LogP contribution in [0.4, 0.5) is 0 Å². The lowest BCUT2D eigenvalue weighted by Crippen LogP contribution is -2.46. The summed E-state index contributed by atoms with van der Waals surface area (Å²) < 4.78 is 5.54. The van der Waals surface area contributed by atoms with Gasteiger partial charge in [0.1, 0.15) is 0 Å². The predicted molar refractivity (Wildman–Crippen MR) is 121 cm³/mol. The molecule has 2 atom stereocenters. The van der Waals surface area contributed by atoms with Crippen molar-refractivity contribution >= 4 is 17.6 Å². The summed E-state index contributed by atoms with van der Waals surface area (Å²) in [6.45, 7) is 10.1. The van der Waals surface area contributed by atoms with Crippen LogP contribution >= 0.6 is 11.6 Å². The van der Waals surface area contributed by atoms with Crippen molar-refractivity contribution in [2.75, 3.05) is 52.5 Å². The van der Waals surface area contributed by atoms with Crippen LogP contribution in [0.2, 0.25) is 5.02 Å². The van der Waals surface area contributed by atoms with E-state index >= 15 is 0 Å². The van der Waals surface area contributed by atoms with Crippen molar-refractivity contribution < 1.29 is 9.84 Å². The molecule has 29 heavy (non-hydrogen) atoms. The summed E-state index contributed by atoms with van der Waals surface area (Å²) in [6, 6.07) is 8.34. The topological polar surface area (TPSA) is 69.1 Å². The Bertz CT molecular complexity index is 585. The average Bonchev–Trinajstić information content (AvgIpc) is 2.74. The second-order valence-corrected chi connectivity index (χ2v) is 7.92. The van der Waals surface area contributed by atoms with E-state index in [1.54, 1.807) is 0 Å². The van der Waals surface area contributed by atoms with E-state index in [2.05, 4.69) is 41.5 Å². The molecule has 1 aliphatic heterocycles. The fraction of sp³-hybridized carbons (Fsp3) is 0.682. The highest BCUT2D eigenvalue weighted by molar-refractivity contribution is 6.30. The van der Waals surface area contributed by atoms with Gasteiger partial charge in [-0.05, 0) is 43.4 Å². The van der Waals surface area contributed by atoms with E-state index < -0.39 is 0 Å². The molecule has 2 rings (SSSR count). The van der Waals surface area contributed by atoms with Gasteiger partial charge in [-0.15, -0.1) is 0 Å². The highest BCUT2D eigenvalue weighted by Crippen LogP contribution is 2.23. The van der Waals surface area contributed by atoms with Gasteiger partial charge >= 0.3 is 0 Å². The number of aliphatic hydroxyl groups is 1. The van der Waals surface area contributed by atoms with E-state index in [9.17, 15) is 5.11 Å². The van der Waals surface area contributed by atoms with Crippen LogP contribution in [-0.2, 0) is 4.74 Å². The van der Waals surface area contributed by atoms with Crippen LogP contribution in [0.25, 0.3) is 0 Å². The van der Waals surface area contributed by atoms with E-state index in [-0.39, 0.29) is 12.6 Å². The number of aliphatic imine (C=N–C) groups is 1. The molecular weight excluding hydrogens is 388 g/mol. The van der Waals surface area contributed by atoms with Crippen LogP contribution < -0.4 is 10.6 Å². The lowest BCUT2D eigenvalue weighted by Gasteiger charge is -2.35. The number of nitrogens with zero attached hydrogens (tertiary/aromatic N) is 2. The van der Waals surface area contributed by atoms with Gasteiger partial charge in [0, 0.05) is 44.4 Å². The molecule has 7 heteroatoms. The zero-order chi connectivity index (χ0) is 20.9. The number of hydrogen-bond acceptors (Lipinski definition) is 4. The Morgan fingerprint density at radius 2 is 1.90 bits per heavy atom. The van der Waals surface area contributed by atoms with E-state index in [1.165, 1.54) is 5.56 Å². The zero-order valence-electron chi connectivity index (χ0n) is 17.9. The van der Waals surface area contributed by atoms with Crippen LogP contribution in [0.1, 0.15) is 44.7 Å². The highest BCUT2D eigenvalue weighted by Gasteiger charge is 2.23. The Kier molecular flexibility index (Phi) is 11.4. The van der Waals surface area contributed by atoms with Crippen molar-refractivity contribution in [3.8, 4) is 0 Å². The van der Waals surface area contributed by atoms with Crippen molar-refractivity contribution in [1.82, 2.24) is 15.5 Å². The Hall–Kier alpha value is -1.34. The molecule has 0 aromatic heterocycles. The molecule has 1 aromatic rings. The number of nitrogens with one attached hydrogen (secondary N) is 2. The van der Waals surface area contributed by atoms with Crippen molar-refractivity contribution in [2.24, 2.45) is 10.9 Å². The first kappa shape index (κ1) is 23.9. The van der Waals surface area contributed by atoms with E-state index in [0.29, 0.717) is 5.92 Å². The molecule has 1 heterocycles. The van der Waals surface area contributed by atoms with Crippen LogP contribution in [-0.4, -0.2) is 68.5 Å². The number of rotatable bonds is 11. The normalized spacial score (nSPS) is 17.7. The van der Waals surface area contributed by atoms with Gasteiger partial charge in [0.25, 0.3) is 0 Å². The third-order valence-corrected chi connectivity index (χ3v) is 5.54. The lowest BCUT2D eigenvalue weighted by atomic mass is 10.0. The van der Waals surface area contributed by atoms with Crippen LogP contribution in [0.5, 0.6) is 0 Å². The molecule has 1 fully saturated rings. The minimum absolute atomic E-state index is 0.222. The number of hydrogen-bond donors (Lipinski definition) is 3. The molecule has 1 aliphatic rings. The first-order chi connectivity index (χ1) is 14.2. The third-order valence-electron chi connectivity index (χ3n) is 5.29. The summed E-state index contributed by atoms with van der Waals surface area (Å²) in [5, 5.41) is 16.9. The molecule has 0 amide bonds. The third kappa shape index (κ3) is 8.51. The van der Waals surface area contributed by atoms with Crippen LogP contribution in [0.3, 0.4) is 0 Å². The van der Waals surface area contributed by atoms with Crippen molar-refractivity contribution in [2.45, 2.75) is 39.2 Å². The Balaban J connectivity index is 2.06. The minimum Gasteiger partial charge on any atom is -0.396 e. The standard InChI is InChI=1S/C22H37ClN4O2/c1-3-5-18(10-13-28)16-25-22(24-4-2)26-17-21(27-11-14-29-15-12-27)19-6-8-20(23)9-7-19/h6-9,18,21,28H,3-5,10-17H2,1-2H3,(H2,24,25,26). The zero-order valence-corrected chi connectivity index (χ0v) is 18.6. The van der Waals surface area contributed by atoms with Gasteiger partial charge in [0.15, 0.2) is 5.96 Å². The van der Waals surface area contributed by atoms with Crippen molar-refractivity contribution in [3.05, 3.63) is 34.9 Å². The molecule has 0 bridgehead atoms. The first-order valence-corrected chi connectivity index (χ1v) is 11.3. The van der Waals surface area contributed by atoms with Crippen LogP contribution in [0, 0.1) is 5.92 Å². The molecule has 0 saturated carbocycles. The summed E-state index contributed by atoms with van der Waals surface area (Å²) in [7, 11) is 0. The SMILES string of the molecule is CCCC(CCO)CN=C(NCC)NCC(c1ccc(Cl)cc1)N1CCOCC1. The summed E-state index contributed by atoms with van der Waals surface area (Å²) in [5.74, 6) is 1.26. The second-order valence-electron chi connectivity index (χ2n) is 7.48. The molecule has 1 aromatic carbocycles. The number of morpholine rings is 1. The summed E-state index contributed by atoms with van der Waals surface area (Å²) in [6.07, 6.45) is 3.00. The maximum atomic E-state index is 9.29. The largest absolute Gasteiger partial charge is 0.396 e. The van der Waals surface area contributed by atoms with E-state index in [1.807, 2.05) is 12.1 Å². The van der Waals surface area contributed by atoms with Crippen molar-refractivity contribution in [1.29, 1.82) is 0 Å². The predicted octanol–water partition coefficient (Wildman–Crippen LogP) is 3.07. The van der Waals surface area contributed by atoms with Crippen LogP contribution in [0.15, 0.2) is 29.3 Å². The summed E-state index contributed by atoms with van der Waals surface area (Å²) >= 11 is 6.10. The Morgan fingerprint density at radius 3 is 2.52 bits per heavy atom. The fourth-order valence-electron chi connectivity index (χ4n) is 3.71. The van der Waals surface area contributed by atoms with Gasteiger partial charge in [-0.25, -0.2) is 0 Å². The fourth-order valence-corrected chi connectivity index (χ4v) is 3.83. The summed E-state index contributed by atoms with van der Waals surface area (Å²) in [4.78, 5) is 7.25. The molecule has 1 saturated heterocycles. The second kappa shape index (κ2) is 13.8. The average molecular weight is 425 g/mol.